The van der Waals surface area contributed by atoms with Gasteiger partial charge < -0.3 is 14.7 Å². The topological polar surface area (TPSA) is 65.5 Å². The third kappa shape index (κ3) is 5.78. The van der Waals surface area contributed by atoms with Gasteiger partial charge in [0.2, 0.25) is 0 Å². The van der Waals surface area contributed by atoms with Crippen LogP contribution in [0.15, 0.2) is 72.9 Å². The van der Waals surface area contributed by atoms with Gasteiger partial charge in [-0.2, -0.15) is 5.06 Å². The quantitative estimate of drug-likeness (QED) is 0.233. The first-order valence-corrected chi connectivity index (χ1v) is 13.0. The van der Waals surface area contributed by atoms with Crippen molar-refractivity contribution in [3.63, 3.8) is 0 Å². The summed E-state index contributed by atoms with van der Waals surface area (Å²) in [4.78, 5) is 22.2. The van der Waals surface area contributed by atoms with Crippen LogP contribution in [0, 0.1) is 5.92 Å². The van der Waals surface area contributed by atoms with Gasteiger partial charge in [-0.1, -0.05) is 48.0 Å². The third-order valence-electron chi connectivity index (χ3n) is 7.15. The van der Waals surface area contributed by atoms with Gasteiger partial charge in [-0.05, 0) is 78.4 Å². The van der Waals surface area contributed by atoms with Gasteiger partial charge in [0, 0.05) is 28.6 Å². The van der Waals surface area contributed by atoms with Crippen molar-refractivity contribution >= 4 is 34.2 Å². The molecule has 0 N–H and O–H groups in total. The Morgan fingerprint density at radius 3 is 2.41 bits per heavy atom. The fraction of sp³-hybridized carbons (Fsp3) is 0.267. The number of carboxylic acids is 1. The van der Waals surface area contributed by atoms with E-state index in [0.717, 1.165) is 29.2 Å². The van der Waals surface area contributed by atoms with Gasteiger partial charge in [0.05, 0.1) is 17.5 Å². The Bertz CT molecular complexity index is 1520. The van der Waals surface area contributed by atoms with Gasteiger partial charge in [0.1, 0.15) is 0 Å². The Morgan fingerprint density at radius 1 is 1.05 bits per heavy atom. The first-order valence-electron chi connectivity index (χ1n) is 12.6. The SMILES string of the molecule is O=C([O-])c1ccc(ON(Cc2ccc(C(F)(F)C3CC3)c(Cl)c2)c2ncc3ccccc3c2C2CC2)cc1.[Na+]. The number of fused-ring (bicyclic) bond motifs is 1. The summed E-state index contributed by atoms with van der Waals surface area (Å²) in [7, 11) is 0. The van der Waals surface area contributed by atoms with Crippen LogP contribution in [-0.4, -0.2) is 11.0 Å². The van der Waals surface area contributed by atoms with E-state index in [9.17, 15) is 18.7 Å². The van der Waals surface area contributed by atoms with E-state index in [0.29, 0.717) is 35.9 Å². The Labute approximate surface area is 252 Å². The maximum atomic E-state index is 14.8. The van der Waals surface area contributed by atoms with E-state index >= 15 is 0 Å². The predicted molar refractivity (Wildman–Crippen MR) is 139 cm³/mol. The number of pyridine rings is 1. The normalized spacial score (nSPS) is 15.1. The molecule has 39 heavy (non-hydrogen) atoms. The molecule has 2 saturated carbocycles. The Hall–Kier alpha value is -2.71. The summed E-state index contributed by atoms with van der Waals surface area (Å²) in [6, 6.07) is 18.5. The number of hydrogen-bond acceptors (Lipinski definition) is 5. The molecule has 1 heterocycles. The number of rotatable bonds is 9. The van der Waals surface area contributed by atoms with E-state index in [1.807, 2.05) is 18.2 Å². The van der Waals surface area contributed by atoms with Crippen LogP contribution in [0.2, 0.25) is 5.02 Å². The molecular weight excluding hydrogens is 533 g/mol. The van der Waals surface area contributed by atoms with Gasteiger partial charge in [0.25, 0.3) is 5.92 Å². The predicted octanol–water partition coefficient (Wildman–Crippen LogP) is 3.64. The van der Waals surface area contributed by atoms with Gasteiger partial charge >= 0.3 is 29.6 Å². The van der Waals surface area contributed by atoms with Gasteiger partial charge in [-0.15, -0.1) is 0 Å². The molecule has 0 bridgehead atoms. The fourth-order valence-corrected chi connectivity index (χ4v) is 5.17. The molecule has 9 heteroatoms. The number of benzene rings is 3. The Balaban J connectivity index is 0.00000308. The minimum atomic E-state index is -2.95. The van der Waals surface area contributed by atoms with E-state index in [1.165, 1.54) is 18.2 Å². The number of carbonyl (C=O) groups excluding carboxylic acids is 1. The van der Waals surface area contributed by atoms with Crippen molar-refractivity contribution in [2.45, 2.75) is 44.1 Å². The van der Waals surface area contributed by atoms with Crippen LogP contribution in [0.25, 0.3) is 10.8 Å². The zero-order chi connectivity index (χ0) is 26.4. The van der Waals surface area contributed by atoms with Crippen LogP contribution in [0.1, 0.15) is 58.6 Å². The van der Waals surface area contributed by atoms with Gasteiger partial charge in [-0.25, -0.2) is 13.8 Å². The molecule has 0 atom stereocenters. The number of alkyl halides is 2. The molecule has 2 aliphatic rings. The molecule has 0 radical (unpaired) electrons. The minimum Gasteiger partial charge on any atom is -0.545 e. The summed E-state index contributed by atoms with van der Waals surface area (Å²) in [5.74, 6) is -3.53. The smallest absolute Gasteiger partial charge is 0.545 e. The number of anilines is 1. The van der Waals surface area contributed by atoms with Gasteiger partial charge in [-0.3, -0.25) is 0 Å². The molecule has 2 aliphatic carbocycles. The fourth-order valence-electron chi connectivity index (χ4n) is 4.84. The van der Waals surface area contributed by atoms with Crippen molar-refractivity contribution in [3.8, 4) is 5.75 Å². The summed E-state index contributed by atoms with van der Waals surface area (Å²) in [5.41, 5.74) is 1.62. The zero-order valence-electron chi connectivity index (χ0n) is 21.4. The summed E-state index contributed by atoms with van der Waals surface area (Å²) in [5, 5.41) is 14.9. The molecule has 6 rings (SSSR count). The van der Waals surface area contributed by atoms with Crippen LogP contribution in [0.4, 0.5) is 14.6 Å². The van der Waals surface area contributed by atoms with Crippen LogP contribution < -0.4 is 44.6 Å². The molecule has 0 unspecified atom stereocenters. The maximum Gasteiger partial charge on any atom is 1.00 e. The summed E-state index contributed by atoms with van der Waals surface area (Å²) in [6.07, 6.45) is 4.86. The molecule has 4 aromatic rings. The van der Waals surface area contributed by atoms with Crippen molar-refractivity contribution in [1.29, 1.82) is 0 Å². The molecule has 0 spiro atoms. The number of aromatic nitrogens is 1. The second-order valence-corrected chi connectivity index (χ2v) is 10.4. The molecular formula is C30H24ClF2N2NaO3. The first-order chi connectivity index (χ1) is 18.3. The number of halogens is 3. The molecule has 0 amide bonds. The Morgan fingerprint density at radius 2 is 1.77 bits per heavy atom. The van der Waals surface area contributed by atoms with E-state index in [2.05, 4.69) is 6.07 Å². The molecule has 0 saturated heterocycles. The number of nitrogens with zero attached hydrogens (tertiary/aromatic N) is 2. The van der Waals surface area contributed by atoms with Crippen molar-refractivity contribution in [2.75, 3.05) is 5.06 Å². The van der Waals surface area contributed by atoms with Crippen molar-refractivity contribution in [1.82, 2.24) is 4.98 Å². The number of carbonyl (C=O) groups is 1. The number of hydroxylamine groups is 1. The maximum absolute atomic E-state index is 14.8. The zero-order valence-corrected chi connectivity index (χ0v) is 24.1. The number of hydrogen-bond donors (Lipinski definition) is 0. The van der Waals surface area contributed by atoms with Crippen molar-refractivity contribution in [3.05, 3.63) is 100 Å². The second kappa shape index (κ2) is 11.0. The van der Waals surface area contributed by atoms with Crippen LogP contribution in [-0.2, 0) is 12.5 Å². The molecule has 5 nitrogen and oxygen atoms in total. The van der Waals surface area contributed by atoms with Crippen molar-refractivity contribution < 1.29 is 53.1 Å². The van der Waals surface area contributed by atoms with E-state index < -0.39 is 17.8 Å². The van der Waals surface area contributed by atoms with E-state index in [-0.39, 0.29) is 52.3 Å². The first kappa shape index (κ1) is 27.8. The number of carboxylic acid groups (broad SMARTS) is 1. The van der Waals surface area contributed by atoms with E-state index in [4.69, 9.17) is 21.4 Å². The van der Waals surface area contributed by atoms with E-state index in [1.54, 1.807) is 35.5 Å². The van der Waals surface area contributed by atoms with Crippen LogP contribution in [0.5, 0.6) is 5.75 Å². The molecule has 3 aromatic carbocycles. The van der Waals surface area contributed by atoms with Crippen LogP contribution >= 0.6 is 11.6 Å². The molecule has 2 fully saturated rings. The minimum absolute atomic E-state index is 0. The van der Waals surface area contributed by atoms with Crippen molar-refractivity contribution in [2.24, 2.45) is 5.92 Å². The van der Waals surface area contributed by atoms with Crippen LogP contribution in [0.3, 0.4) is 0 Å². The monoisotopic (exact) mass is 556 g/mol. The summed E-state index contributed by atoms with van der Waals surface area (Å²) >= 11 is 6.38. The average Bonchev–Trinajstić information content (AvgIpc) is 3.81. The largest absolute Gasteiger partial charge is 1.00 e. The molecule has 194 valence electrons. The average molecular weight is 557 g/mol. The Kier molecular flexibility index (Phi) is 7.89. The molecule has 1 aromatic heterocycles. The molecule has 0 aliphatic heterocycles. The summed E-state index contributed by atoms with van der Waals surface area (Å²) in [6.45, 7) is 0.183. The number of aromatic carboxylic acids is 1. The van der Waals surface area contributed by atoms with Gasteiger partial charge in [0.15, 0.2) is 11.6 Å². The summed E-state index contributed by atoms with van der Waals surface area (Å²) < 4.78 is 29.5. The standard InChI is InChI=1S/C30H25ClF2N2O3.Na/c31-26-15-18(5-14-25(26)30(32,33)22-10-11-22)17-35(38-23-12-8-20(9-13-23)29(36)37)28-27(19-6-7-19)24-4-2-1-3-21(24)16-34-28;/h1-5,8-9,12-16,19,22H,6-7,10-11,17H2,(H,36,37);/q;+1/p-1. The second-order valence-electron chi connectivity index (χ2n) is 10.0. The third-order valence-corrected chi connectivity index (χ3v) is 7.47.